The lowest BCUT2D eigenvalue weighted by Gasteiger charge is -2.15. The van der Waals surface area contributed by atoms with Gasteiger partial charge in [0.15, 0.2) is 0 Å². The van der Waals surface area contributed by atoms with Gasteiger partial charge in [-0.05, 0) is 45.1 Å². The lowest BCUT2D eigenvalue weighted by atomic mass is 10.1. The second kappa shape index (κ2) is 6.74. The largest absolute Gasteiger partial charge is 0.354 e. The van der Waals surface area contributed by atoms with Gasteiger partial charge in [0.1, 0.15) is 6.04 Å². The Labute approximate surface area is 125 Å². The standard InChI is InChI=1S/C15H24N4O2/c1-10-12(11(2)19(3)18-10)7-8-14(20)17-13-6-4-5-9-16-15(13)21/h13H,4-9H2,1-3H3,(H,16,21)(H,17,20). The average molecular weight is 292 g/mol. The highest BCUT2D eigenvalue weighted by Gasteiger charge is 2.22. The molecule has 0 aliphatic carbocycles. The Kier molecular flexibility index (Phi) is 4.98. The summed E-state index contributed by atoms with van der Waals surface area (Å²) in [5, 5.41) is 10.0. The van der Waals surface area contributed by atoms with E-state index in [1.54, 1.807) is 0 Å². The van der Waals surface area contributed by atoms with Crippen molar-refractivity contribution in [2.45, 2.75) is 52.0 Å². The predicted molar refractivity (Wildman–Crippen MR) is 79.8 cm³/mol. The molecule has 116 valence electrons. The number of aromatic nitrogens is 2. The van der Waals surface area contributed by atoms with Crippen molar-refractivity contribution in [1.29, 1.82) is 0 Å². The van der Waals surface area contributed by atoms with Gasteiger partial charge in [-0.3, -0.25) is 14.3 Å². The molecule has 1 aliphatic heterocycles. The van der Waals surface area contributed by atoms with Crippen molar-refractivity contribution in [2.24, 2.45) is 7.05 Å². The Morgan fingerprint density at radius 1 is 1.43 bits per heavy atom. The molecule has 1 aromatic heterocycles. The summed E-state index contributed by atoms with van der Waals surface area (Å²) in [6, 6.07) is -0.379. The number of hydrogen-bond acceptors (Lipinski definition) is 3. The van der Waals surface area contributed by atoms with Crippen LogP contribution in [0.1, 0.15) is 42.6 Å². The number of hydrogen-bond donors (Lipinski definition) is 2. The van der Waals surface area contributed by atoms with Crippen LogP contribution in [0.5, 0.6) is 0 Å². The fourth-order valence-electron chi connectivity index (χ4n) is 2.76. The van der Waals surface area contributed by atoms with E-state index >= 15 is 0 Å². The molecule has 6 heteroatoms. The van der Waals surface area contributed by atoms with Gasteiger partial charge < -0.3 is 10.6 Å². The number of carbonyl (C=O) groups excluding carboxylic acids is 2. The SMILES string of the molecule is Cc1nn(C)c(C)c1CCC(=O)NC1CCCCNC1=O. The molecule has 6 nitrogen and oxygen atoms in total. The number of nitrogens with one attached hydrogen (secondary N) is 2. The van der Waals surface area contributed by atoms with Crippen molar-refractivity contribution in [3.8, 4) is 0 Å². The molecule has 1 aromatic rings. The van der Waals surface area contributed by atoms with E-state index in [4.69, 9.17) is 0 Å². The van der Waals surface area contributed by atoms with Crippen molar-refractivity contribution in [2.75, 3.05) is 6.54 Å². The molecule has 1 atom stereocenters. The molecule has 1 fully saturated rings. The van der Waals surface area contributed by atoms with Crippen LogP contribution >= 0.6 is 0 Å². The summed E-state index contributed by atoms with van der Waals surface area (Å²) in [5.74, 6) is -0.130. The molecular weight excluding hydrogens is 268 g/mol. The molecule has 1 aliphatic rings. The first-order valence-electron chi connectivity index (χ1n) is 7.55. The van der Waals surface area contributed by atoms with Crippen molar-refractivity contribution in [1.82, 2.24) is 20.4 Å². The molecular formula is C15H24N4O2. The molecule has 2 rings (SSSR count). The zero-order valence-electron chi connectivity index (χ0n) is 13.0. The Balaban J connectivity index is 1.88. The summed E-state index contributed by atoms with van der Waals surface area (Å²) < 4.78 is 1.83. The maximum Gasteiger partial charge on any atom is 0.242 e. The molecule has 0 saturated carbocycles. The maximum atomic E-state index is 12.1. The molecule has 0 bridgehead atoms. The van der Waals surface area contributed by atoms with Gasteiger partial charge in [-0.2, -0.15) is 5.10 Å². The van der Waals surface area contributed by atoms with Gasteiger partial charge in [0, 0.05) is 25.7 Å². The topological polar surface area (TPSA) is 76.0 Å². The first-order valence-corrected chi connectivity index (χ1v) is 7.55. The van der Waals surface area contributed by atoms with Crippen LogP contribution in [0.3, 0.4) is 0 Å². The Morgan fingerprint density at radius 2 is 2.19 bits per heavy atom. The van der Waals surface area contributed by atoms with Crippen LogP contribution in [0.15, 0.2) is 0 Å². The van der Waals surface area contributed by atoms with E-state index in [2.05, 4.69) is 15.7 Å². The van der Waals surface area contributed by atoms with E-state index in [9.17, 15) is 9.59 Å². The Hall–Kier alpha value is -1.85. The molecule has 21 heavy (non-hydrogen) atoms. The number of aryl methyl sites for hydroxylation is 2. The monoisotopic (exact) mass is 292 g/mol. The van der Waals surface area contributed by atoms with Crippen LogP contribution in [-0.2, 0) is 23.1 Å². The van der Waals surface area contributed by atoms with E-state index in [1.807, 2.05) is 25.6 Å². The summed E-state index contributed by atoms with van der Waals surface area (Å²) in [6.45, 7) is 4.67. The lowest BCUT2D eigenvalue weighted by Crippen LogP contribution is -2.45. The molecule has 0 spiro atoms. The molecule has 0 radical (unpaired) electrons. The Morgan fingerprint density at radius 3 is 2.86 bits per heavy atom. The number of carbonyl (C=O) groups is 2. The molecule has 1 unspecified atom stereocenters. The third-order valence-electron chi connectivity index (χ3n) is 4.13. The van der Waals surface area contributed by atoms with Crippen molar-refractivity contribution in [3.63, 3.8) is 0 Å². The third kappa shape index (κ3) is 3.83. The number of rotatable bonds is 4. The van der Waals surface area contributed by atoms with E-state index < -0.39 is 0 Å². The molecule has 2 heterocycles. The normalized spacial score (nSPS) is 19.0. The minimum absolute atomic E-state index is 0.0606. The second-order valence-electron chi connectivity index (χ2n) is 5.68. The predicted octanol–water partition coefficient (Wildman–Crippen LogP) is 0.754. The minimum atomic E-state index is -0.379. The van der Waals surface area contributed by atoms with Gasteiger partial charge in [-0.1, -0.05) is 0 Å². The lowest BCUT2D eigenvalue weighted by molar-refractivity contribution is -0.128. The number of amides is 2. The highest BCUT2D eigenvalue weighted by molar-refractivity contribution is 5.87. The summed E-state index contributed by atoms with van der Waals surface area (Å²) in [7, 11) is 1.90. The number of nitrogens with zero attached hydrogens (tertiary/aromatic N) is 2. The summed E-state index contributed by atoms with van der Waals surface area (Å²) in [5.41, 5.74) is 3.18. The van der Waals surface area contributed by atoms with Crippen molar-refractivity contribution in [3.05, 3.63) is 17.0 Å². The molecule has 2 amide bonds. The smallest absolute Gasteiger partial charge is 0.242 e. The molecule has 2 N–H and O–H groups in total. The molecule has 1 saturated heterocycles. The first-order chi connectivity index (χ1) is 9.99. The van der Waals surface area contributed by atoms with Crippen molar-refractivity contribution < 1.29 is 9.59 Å². The second-order valence-corrected chi connectivity index (χ2v) is 5.68. The van der Waals surface area contributed by atoms with E-state index in [1.165, 1.54) is 0 Å². The van der Waals surface area contributed by atoms with Crippen LogP contribution < -0.4 is 10.6 Å². The van der Waals surface area contributed by atoms with Gasteiger partial charge >= 0.3 is 0 Å². The van der Waals surface area contributed by atoms with Gasteiger partial charge in [-0.15, -0.1) is 0 Å². The van der Waals surface area contributed by atoms with Crippen LogP contribution in [0.2, 0.25) is 0 Å². The zero-order valence-corrected chi connectivity index (χ0v) is 13.0. The summed E-state index contributed by atoms with van der Waals surface area (Å²) in [4.78, 5) is 23.8. The maximum absolute atomic E-state index is 12.1. The van der Waals surface area contributed by atoms with E-state index in [0.717, 1.165) is 36.2 Å². The molecule has 0 aromatic carbocycles. The quantitative estimate of drug-likeness (QED) is 0.860. The van der Waals surface area contributed by atoms with Crippen molar-refractivity contribution >= 4 is 11.8 Å². The fourth-order valence-corrected chi connectivity index (χ4v) is 2.76. The van der Waals surface area contributed by atoms with Crippen LogP contribution in [0, 0.1) is 13.8 Å². The van der Waals surface area contributed by atoms with Gasteiger partial charge in [0.25, 0.3) is 0 Å². The van der Waals surface area contributed by atoms with Gasteiger partial charge in [0.05, 0.1) is 5.69 Å². The summed E-state index contributed by atoms with van der Waals surface area (Å²) >= 11 is 0. The average Bonchev–Trinajstić information content (AvgIpc) is 2.58. The first kappa shape index (κ1) is 15.5. The zero-order chi connectivity index (χ0) is 15.4. The summed E-state index contributed by atoms with van der Waals surface area (Å²) in [6.07, 6.45) is 3.71. The van der Waals surface area contributed by atoms with Crippen LogP contribution in [0.4, 0.5) is 0 Å². The van der Waals surface area contributed by atoms with Crippen LogP contribution in [0.25, 0.3) is 0 Å². The minimum Gasteiger partial charge on any atom is -0.354 e. The van der Waals surface area contributed by atoms with E-state index in [-0.39, 0.29) is 17.9 Å². The van der Waals surface area contributed by atoms with Crippen LogP contribution in [-0.4, -0.2) is 34.2 Å². The third-order valence-corrected chi connectivity index (χ3v) is 4.13. The Bertz CT molecular complexity index is 536. The van der Waals surface area contributed by atoms with Gasteiger partial charge in [-0.25, -0.2) is 0 Å². The van der Waals surface area contributed by atoms with E-state index in [0.29, 0.717) is 19.4 Å². The fraction of sp³-hybridized carbons (Fsp3) is 0.667. The van der Waals surface area contributed by atoms with Gasteiger partial charge in [0.2, 0.25) is 11.8 Å². The highest BCUT2D eigenvalue weighted by atomic mass is 16.2. The highest BCUT2D eigenvalue weighted by Crippen LogP contribution is 2.14.